The van der Waals surface area contributed by atoms with Gasteiger partial charge in [0.25, 0.3) is 0 Å². The minimum absolute atomic E-state index is 0.0382. The number of benzene rings is 1. The summed E-state index contributed by atoms with van der Waals surface area (Å²) in [4.78, 5) is 13.9. The summed E-state index contributed by atoms with van der Waals surface area (Å²) in [5, 5.41) is 2.33. The fourth-order valence-corrected chi connectivity index (χ4v) is 3.79. The van der Waals surface area contributed by atoms with Gasteiger partial charge >= 0.3 is 6.09 Å². The van der Waals surface area contributed by atoms with E-state index in [9.17, 15) is 9.18 Å². The predicted octanol–water partition coefficient (Wildman–Crippen LogP) is 4.46. The van der Waals surface area contributed by atoms with Crippen LogP contribution in [0.25, 0.3) is 0 Å². The number of nitrogens with zero attached hydrogens (tertiary/aromatic N) is 2. The van der Waals surface area contributed by atoms with E-state index < -0.39 is 11.7 Å². The van der Waals surface area contributed by atoms with E-state index in [2.05, 4.69) is 5.43 Å². The molecular weight excluding hydrogens is 437 g/mol. The first kappa shape index (κ1) is 24.6. The number of likely N-dealkylation sites (N-methyl/N-ethyl adjacent to an activating group) is 1. The monoisotopic (exact) mass is 469 g/mol. The minimum atomic E-state index is -0.566. The lowest BCUT2D eigenvalue weighted by atomic mass is 10.1. The number of hydrogen-bond donors (Lipinski definition) is 1. The Balaban J connectivity index is 1.66. The number of ether oxygens (including phenoxy) is 3. The zero-order chi connectivity index (χ0) is 23.3. The quantitative estimate of drug-likeness (QED) is 0.636. The third-order valence-electron chi connectivity index (χ3n) is 5.15. The second-order valence-corrected chi connectivity index (χ2v) is 9.66. The van der Waals surface area contributed by atoms with E-state index in [-0.39, 0.29) is 24.6 Å². The maximum atomic E-state index is 14.1. The van der Waals surface area contributed by atoms with Crippen LogP contribution in [-0.2, 0) is 20.8 Å². The molecule has 178 valence electrons. The summed E-state index contributed by atoms with van der Waals surface area (Å²) in [6.45, 7) is 7.26. The summed E-state index contributed by atoms with van der Waals surface area (Å²) in [5.74, 6) is 0.200. The van der Waals surface area contributed by atoms with Gasteiger partial charge in [-0.1, -0.05) is 11.6 Å². The molecule has 0 bridgehead atoms. The van der Waals surface area contributed by atoms with Crippen LogP contribution < -0.4 is 5.43 Å². The van der Waals surface area contributed by atoms with Gasteiger partial charge in [-0.2, -0.15) is 0 Å². The Labute approximate surface area is 194 Å². The van der Waals surface area contributed by atoms with Crippen molar-refractivity contribution in [2.45, 2.75) is 64.4 Å². The number of nitrogens with one attached hydrogen (secondary N) is 1. The van der Waals surface area contributed by atoms with Crippen molar-refractivity contribution in [1.82, 2.24) is 15.3 Å². The Bertz CT molecular complexity index is 824. The van der Waals surface area contributed by atoms with Gasteiger partial charge in [0, 0.05) is 30.8 Å². The highest BCUT2D eigenvalue weighted by Crippen LogP contribution is 2.23. The summed E-state index contributed by atoms with van der Waals surface area (Å²) in [7, 11) is 1.69. The second kappa shape index (κ2) is 10.7. The molecule has 3 rings (SSSR count). The average molecular weight is 470 g/mol. The van der Waals surface area contributed by atoms with Crippen LogP contribution >= 0.6 is 11.6 Å². The van der Waals surface area contributed by atoms with Crippen molar-refractivity contribution >= 4 is 17.7 Å². The summed E-state index contributed by atoms with van der Waals surface area (Å²) < 4.78 is 31.4. The molecule has 9 heteroatoms. The lowest BCUT2D eigenvalue weighted by Crippen LogP contribution is -2.47. The molecule has 0 spiro atoms. The molecule has 0 saturated carbocycles. The lowest BCUT2D eigenvalue weighted by Gasteiger charge is -2.31. The van der Waals surface area contributed by atoms with Gasteiger partial charge in [-0.3, -0.25) is 5.01 Å². The molecule has 7 nitrogen and oxygen atoms in total. The second-order valence-electron chi connectivity index (χ2n) is 9.22. The van der Waals surface area contributed by atoms with E-state index in [0.29, 0.717) is 29.6 Å². The lowest BCUT2D eigenvalue weighted by molar-refractivity contribution is -0.0241. The largest absolute Gasteiger partial charge is 0.473 e. The molecular formula is C23H33ClFN3O4. The summed E-state index contributed by atoms with van der Waals surface area (Å²) in [6.07, 6.45) is 4.74. The third-order valence-corrected chi connectivity index (χ3v) is 5.39. The van der Waals surface area contributed by atoms with Gasteiger partial charge in [-0.05, 0) is 64.3 Å². The fourth-order valence-electron chi connectivity index (χ4n) is 3.60. The maximum Gasteiger partial charge on any atom is 0.410 e. The molecule has 2 heterocycles. The van der Waals surface area contributed by atoms with Crippen LogP contribution in [0.3, 0.4) is 0 Å². The van der Waals surface area contributed by atoms with Crippen molar-refractivity contribution in [1.29, 1.82) is 0 Å². The molecule has 0 aromatic heterocycles. The first-order chi connectivity index (χ1) is 15.1. The minimum Gasteiger partial charge on any atom is -0.473 e. The number of carbonyl (C=O) groups is 1. The molecule has 2 aliphatic rings. The Morgan fingerprint density at radius 2 is 2.16 bits per heavy atom. The van der Waals surface area contributed by atoms with Crippen LogP contribution in [0, 0.1) is 5.82 Å². The van der Waals surface area contributed by atoms with Crippen LogP contribution in [0.15, 0.2) is 30.2 Å². The Hall–Kier alpha value is -2.03. The van der Waals surface area contributed by atoms with Crippen molar-refractivity contribution < 1.29 is 23.4 Å². The molecule has 1 fully saturated rings. The van der Waals surface area contributed by atoms with Gasteiger partial charge in [0.05, 0.1) is 18.7 Å². The highest BCUT2D eigenvalue weighted by Gasteiger charge is 2.30. The first-order valence-electron chi connectivity index (χ1n) is 11.0. The highest BCUT2D eigenvalue weighted by atomic mass is 35.5. The van der Waals surface area contributed by atoms with E-state index >= 15 is 0 Å². The molecule has 1 saturated heterocycles. The SMILES string of the molecule is CN(CC1C=C(OCc2cc(Cl)ccc2F)N(CC2CCCCO2)N1)C(=O)OC(C)(C)C. The number of hydrogen-bond acceptors (Lipinski definition) is 6. The molecule has 0 radical (unpaired) electrons. The first-order valence-corrected chi connectivity index (χ1v) is 11.4. The Kier molecular flexibility index (Phi) is 8.25. The molecule has 1 amide bonds. The average Bonchev–Trinajstić information content (AvgIpc) is 3.09. The van der Waals surface area contributed by atoms with Crippen molar-refractivity contribution in [2.75, 3.05) is 26.7 Å². The topological polar surface area (TPSA) is 63.3 Å². The normalized spacial score (nSPS) is 21.3. The number of carbonyl (C=O) groups excluding carboxylic acids is 1. The molecule has 0 aliphatic carbocycles. The zero-order valence-corrected chi connectivity index (χ0v) is 20.0. The zero-order valence-electron chi connectivity index (χ0n) is 19.2. The number of amides is 1. The molecule has 2 unspecified atom stereocenters. The predicted molar refractivity (Wildman–Crippen MR) is 120 cm³/mol. The molecule has 2 atom stereocenters. The number of hydrazine groups is 1. The van der Waals surface area contributed by atoms with Gasteiger partial charge in [-0.15, -0.1) is 0 Å². The van der Waals surface area contributed by atoms with E-state index in [1.165, 1.54) is 17.0 Å². The maximum absolute atomic E-state index is 14.1. The number of rotatable bonds is 7. The van der Waals surface area contributed by atoms with E-state index in [1.54, 1.807) is 13.1 Å². The third kappa shape index (κ3) is 7.25. The van der Waals surface area contributed by atoms with Gasteiger partial charge in [0.1, 0.15) is 18.0 Å². The molecule has 2 aliphatic heterocycles. The molecule has 32 heavy (non-hydrogen) atoms. The van der Waals surface area contributed by atoms with Crippen molar-refractivity contribution in [2.24, 2.45) is 0 Å². The number of halogens is 2. The van der Waals surface area contributed by atoms with Crippen molar-refractivity contribution in [3.8, 4) is 0 Å². The van der Waals surface area contributed by atoms with Crippen molar-refractivity contribution in [3.05, 3.63) is 46.6 Å². The van der Waals surface area contributed by atoms with Gasteiger partial charge in [-0.25, -0.2) is 14.6 Å². The molecule has 1 aromatic carbocycles. The van der Waals surface area contributed by atoms with Gasteiger partial charge in [0.2, 0.25) is 5.88 Å². The van der Waals surface area contributed by atoms with Crippen LogP contribution in [0.2, 0.25) is 5.02 Å². The van der Waals surface area contributed by atoms with Gasteiger partial charge < -0.3 is 19.1 Å². The Morgan fingerprint density at radius 1 is 1.38 bits per heavy atom. The standard InChI is InChI=1S/C23H33ClFN3O4/c1-23(2,3)32-22(29)27(4)13-18-12-21(28(26-18)14-19-7-5-6-10-30-19)31-15-16-11-17(24)8-9-20(16)25/h8-9,11-12,18-19,26H,5-7,10,13-15H2,1-4H3. The molecule has 1 N–H and O–H groups in total. The summed E-state index contributed by atoms with van der Waals surface area (Å²) in [5.41, 5.74) is 3.18. The van der Waals surface area contributed by atoms with E-state index in [4.69, 9.17) is 25.8 Å². The highest BCUT2D eigenvalue weighted by molar-refractivity contribution is 6.30. The van der Waals surface area contributed by atoms with Crippen molar-refractivity contribution in [3.63, 3.8) is 0 Å². The van der Waals surface area contributed by atoms with Crippen LogP contribution in [0.5, 0.6) is 0 Å². The van der Waals surface area contributed by atoms with E-state index in [1.807, 2.05) is 31.9 Å². The summed E-state index contributed by atoms with van der Waals surface area (Å²) >= 11 is 6.00. The summed E-state index contributed by atoms with van der Waals surface area (Å²) in [6, 6.07) is 4.21. The van der Waals surface area contributed by atoms with E-state index in [0.717, 1.165) is 25.9 Å². The van der Waals surface area contributed by atoms with Crippen LogP contribution in [0.1, 0.15) is 45.6 Å². The van der Waals surface area contributed by atoms with Gasteiger partial charge in [0.15, 0.2) is 0 Å². The van der Waals surface area contributed by atoms with Crippen LogP contribution in [-0.4, -0.2) is 60.5 Å². The van der Waals surface area contributed by atoms with Crippen LogP contribution in [0.4, 0.5) is 9.18 Å². The smallest absolute Gasteiger partial charge is 0.410 e. The Morgan fingerprint density at radius 3 is 2.84 bits per heavy atom. The molecule has 1 aromatic rings. The fraction of sp³-hybridized carbons (Fsp3) is 0.609.